The SMILES string of the molecule is CCCON=C(C(=O)NC1C(=O)N2CC(CSc3nncs3)(C(=O)O)CS[C@H]12)c1cc(N)ccn1. The zero-order chi connectivity index (χ0) is 25.0. The number of fused-ring (bicyclic) bond motifs is 1. The van der Waals surface area contributed by atoms with E-state index in [0.29, 0.717) is 23.1 Å². The van der Waals surface area contributed by atoms with E-state index in [9.17, 15) is 19.5 Å². The van der Waals surface area contributed by atoms with Gasteiger partial charge in [0.15, 0.2) is 10.1 Å². The highest BCUT2D eigenvalue weighted by molar-refractivity contribution is 8.01. The molecule has 0 radical (unpaired) electrons. The molecule has 0 aliphatic carbocycles. The van der Waals surface area contributed by atoms with Crippen LogP contribution in [0.15, 0.2) is 33.3 Å². The Labute approximate surface area is 213 Å². The van der Waals surface area contributed by atoms with E-state index < -0.39 is 23.3 Å². The third-order valence-electron chi connectivity index (χ3n) is 5.39. The largest absolute Gasteiger partial charge is 0.481 e. The maximum Gasteiger partial charge on any atom is 0.313 e. The second kappa shape index (κ2) is 10.8. The molecular formula is C20H23N7O5S3. The summed E-state index contributed by atoms with van der Waals surface area (Å²) in [6.45, 7) is 2.26. The standard InChI is InChI=1S/C20H23N7O5S3/c1-2-5-32-26-13(12-6-11(21)3-4-22-12)15(28)24-14-16(29)27-7-20(18(30)31,8-33-17(14)27)9-34-19-25-23-10-35-19/h3-4,6,10,14,17H,2,5,7-9H2,1H3,(H2,21,22)(H,24,28)(H,30,31)/t14?,17-,20?/m1/s1. The topological polar surface area (TPSA) is 173 Å². The predicted octanol–water partition coefficient (Wildman–Crippen LogP) is 0.909. The number of amides is 2. The predicted molar refractivity (Wildman–Crippen MR) is 132 cm³/mol. The molecule has 2 unspecified atom stereocenters. The van der Waals surface area contributed by atoms with Gasteiger partial charge in [0.1, 0.15) is 28.9 Å². The fourth-order valence-corrected chi connectivity index (χ4v) is 6.87. The minimum absolute atomic E-state index is 0.0499. The van der Waals surface area contributed by atoms with Crippen molar-refractivity contribution in [2.75, 3.05) is 30.4 Å². The summed E-state index contributed by atoms with van der Waals surface area (Å²) in [7, 11) is 0. The van der Waals surface area contributed by atoms with Crippen molar-refractivity contribution < 1.29 is 24.3 Å². The Morgan fingerprint density at radius 1 is 1.49 bits per heavy atom. The molecule has 2 aromatic rings. The molecule has 0 spiro atoms. The molecule has 2 fully saturated rings. The minimum Gasteiger partial charge on any atom is -0.481 e. The fraction of sp³-hybridized carbons (Fsp3) is 0.450. The summed E-state index contributed by atoms with van der Waals surface area (Å²) in [6, 6.07) is 2.26. The average molecular weight is 538 g/mol. The number of aliphatic carboxylic acids is 1. The van der Waals surface area contributed by atoms with E-state index in [1.807, 2.05) is 6.92 Å². The number of carboxylic acids is 1. The van der Waals surface area contributed by atoms with Crippen LogP contribution in [0.4, 0.5) is 5.69 Å². The summed E-state index contributed by atoms with van der Waals surface area (Å²) in [5, 5.41) is 23.9. The van der Waals surface area contributed by atoms with Gasteiger partial charge in [-0.2, -0.15) is 0 Å². The Bertz CT molecular complexity index is 1130. The summed E-state index contributed by atoms with van der Waals surface area (Å²) >= 11 is 3.97. The van der Waals surface area contributed by atoms with Crippen molar-refractivity contribution in [2.24, 2.45) is 10.6 Å². The van der Waals surface area contributed by atoms with E-state index in [-0.39, 0.29) is 40.7 Å². The first-order valence-corrected chi connectivity index (χ1v) is 13.5. The molecule has 4 N–H and O–H groups in total. The molecular weight excluding hydrogens is 514 g/mol. The number of aromatic nitrogens is 3. The number of carbonyl (C=O) groups excluding carboxylic acids is 2. The Morgan fingerprint density at radius 3 is 3.00 bits per heavy atom. The molecule has 2 aliphatic rings. The number of nitrogen functional groups attached to an aromatic ring is 1. The lowest BCUT2D eigenvalue weighted by molar-refractivity contribution is -0.157. The smallest absolute Gasteiger partial charge is 0.313 e. The van der Waals surface area contributed by atoms with E-state index >= 15 is 0 Å². The Morgan fingerprint density at radius 2 is 2.31 bits per heavy atom. The van der Waals surface area contributed by atoms with Crippen LogP contribution in [0.5, 0.6) is 0 Å². The maximum atomic E-state index is 13.1. The van der Waals surface area contributed by atoms with Crippen LogP contribution in [0, 0.1) is 5.41 Å². The van der Waals surface area contributed by atoms with Gasteiger partial charge in [0, 0.05) is 29.9 Å². The van der Waals surface area contributed by atoms with Crippen molar-refractivity contribution in [3.63, 3.8) is 0 Å². The van der Waals surface area contributed by atoms with E-state index in [2.05, 4.69) is 25.7 Å². The van der Waals surface area contributed by atoms with Crippen LogP contribution >= 0.6 is 34.9 Å². The van der Waals surface area contributed by atoms with Crippen LogP contribution in [0.2, 0.25) is 0 Å². The molecule has 2 aliphatic heterocycles. The highest BCUT2D eigenvalue weighted by Gasteiger charge is 2.57. The molecule has 12 nitrogen and oxygen atoms in total. The average Bonchev–Trinajstić information content (AvgIpc) is 3.37. The number of nitrogens with one attached hydrogen (secondary N) is 1. The van der Waals surface area contributed by atoms with E-state index in [0.717, 1.165) is 0 Å². The summed E-state index contributed by atoms with van der Waals surface area (Å²) in [6.07, 6.45) is 2.14. The van der Waals surface area contributed by atoms with Gasteiger partial charge in [-0.15, -0.1) is 22.0 Å². The van der Waals surface area contributed by atoms with Gasteiger partial charge in [0.2, 0.25) is 5.91 Å². The van der Waals surface area contributed by atoms with Crippen LogP contribution < -0.4 is 11.1 Å². The molecule has 0 aromatic carbocycles. The molecule has 4 rings (SSSR count). The third kappa shape index (κ3) is 5.36. The van der Waals surface area contributed by atoms with Crippen LogP contribution in [0.1, 0.15) is 19.0 Å². The van der Waals surface area contributed by atoms with Gasteiger partial charge in [-0.25, -0.2) is 0 Å². The van der Waals surface area contributed by atoms with E-state index in [4.69, 9.17) is 10.6 Å². The number of nitrogens with zero attached hydrogens (tertiary/aromatic N) is 5. The van der Waals surface area contributed by atoms with Crippen molar-refractivity contribution >= 4 is 64.0 Å². The number of pyridine rings is 1. The highest BCUT2D eigenvalue weighted by Crippen LogP contribution is 2.44. The van der Waals surface area contributed by atoms with Crippen molar-refractivity contribution in [1.82, 2.24) is 25.4 Å². The van der Waals surface area contributed by atoms with Crippen molar-refractivity contribution in [1.29, 1.82) is 0 Å². The summed E-state index contributed by atoms with van der Waals surface area (Å²) < 4.78 is 0.671. The summed E-state index contributed by atoms with van der Waals surface area (Å²) in [5.74, 6) is -1.41. The molecule has 2 saturated heterocycles. The first-order chi connectivity index (χ1) is 16.8. The monoisotopic (exact) mass is 537 g/mol. The molecule has 35 heavy (non-hydrogen) atoms. The van der Waals surface area contributed by atoms with Crippen molar-refractivity contribution in [2.45, 2.75) is 29.1 Å². The Balaban J connectivity index is 1.44. The van der Waals surface area contributed by atoms with Crippen LogP contribution in [0.3, 0.4) is 0 Å². The van der Waals surface area contributed by atoms with Gasteiger partial charge in [-0.3, -0.25) is 19.4 Å². The van der Waals surface area contributed by atoms with Gasteiger partial charge in [-0.05, 0) is 18.6 Å². The van der Waals surface area contributed by atoms with Crippen molar-refractivity contribution in [3.8, 4) is 0 Å². The zero-order valence-corrected chi connectivity index (χ0v) is 21.1. The second-order valence-corrected chi connectivity index (χ2v) is 11.1. The number of β-lactam (4-membered cyclic amide) rings is 1. The quantitative estimate of drug-likeness (QED) is 0.129. The van der Waals surface area contributed by atoms with Gasteiger partial charge in [-0.1, -0.05) is 35.2 Å². The maximum absolute atomic E-state index is 13.1. The number of anilines is 1. The van der Waals surface area contributed by atoms with Crippen molar-refractivity contribution in [3.05, 3.63) is 29.5 Å². The van der Waals surface area contributed by atoms with Gasteiger partial charge in [0.05, 0.1) is 5.69 Å². The number of rotatable bonds is 10. The number of thioether (sulfide) groups is 2. The third-order valence-corrected chi connectivity index (χ3v) is 9.13. The fourth-order valence-electron chi connectivity index (χ4n) is 3.52. The lowest BCUT2D eigenvalue weighted by Gasteiger charge is -2.53. The number of hydrogen-bond donors (Lipinski definition) is 3. The minimum atomic E-state index is -1.13. The van der Waals surface area contributed by atoms with Gasteiger partial charge < -0.3 is 25.9 Å². The molecule has 0 bridgehead atoms. The number of carboxylic acid groups (broad SMARTS) is 1. The Hall–Kier alpha value is -2.91. The first-order valence-electron chi connectivity index (χ1n) is 10.6. The number of hydrogen-bond acceptors (Lipinski definition) is 12. The lowest BCUT2D eigenvalue weighted by atomic mass is 9.89. The summed E-state index contributed by atoms with van der Waals surface area (Å²) in [4.78, 5) is 49.0. The molecule has 186 valence electrons. The van der Waals surface area contributed by atoms with E-state index in [1.54, 1.807) is 11.6 Å². The van der Waals surface area contributed by atoms with Gasteiger partial charge >= 0.3 is 5.97 Å². The normalized spacial score (nSPS) is 23.9. The summed E-state index contributed by atoms with van der Waals surface area (Å²) in [5.41, 5.74) is 6.79. The highest BCUT2D eigenvalue weighted by atomic mass is 32.2. The zero-order valence-electron chi connectivity index (χ0n) is 18.6. The number of carbonyl (C=O) groups is 3. The second-order valence-electron chi connectivity index (χ2n) is 7.95. The Kier molecular flexibility index (Phi) is 7.76. The molecule has 4 heterocycles. The molecule has 0 saturated carbocycles. The van der Waals surface area contributed by atoms with Crippen LogP contribution in [-0.2, 0) is 19.2 Å². The first kappa shape index (κ1) is 25.2. The number of oxime groups is 1. The van der Waals surface area contributed by atoms with Crippen LogP contribution in [-0.4, -0.2) is 84.8 Å². The molecule has 3 atom stereocenters. The van der Waals surface area contributed by atoms with E-state index in [1.165, 1.54) is 52.0 Å². The molecule has 15 heteroatoms. The molecule has 2 amide bonds. The lowest BCUT2D eigenvalue weighted by Crippen LogP contribution is -2.74. The van der Waals surface area contributed by atoms with Gasteiger partial charge in [0.25, 0.3) is 5.91 Å². The number of nitrogens with two attached hydrogens (primary N) is 1. The van der Waals surface area contributed by atoms with Crippen LogP contribution in [0.25, 0.3) is 0 Å². The molecule has 2 aromatic heterocycles.